The highest BCUT2D eigenvalue weighted by Crippen LogP contribution is 2.31. The van der Waals surface area contributed by atoms with Gasteiger partial charge in [-0.25, -0.2) is 13.6 Å². The molecule has 0 spiro atoms. The van der Waals surface area contributed by atoms with Crippen molar-refractivity contribution in [3.63, 3.8) is 0 Å². The maximum absolute atomic E-state index is 13.1. The van der Waals surface area contributed by atoms with Crippen molar-refractivity contribution in [1.82, 2.24) is 0 Å². The molecule has 4 aromatic carbocycles. The lowest BCUT2D eigenvalue weighted by molar-refractivity contribution is -0.384. The number of ketones is 1. The van der Waals surface area contributed by atoms with Crippen molar-refractivity contribution in [3.05, 3.63) is 118 Å². The molecule has 0 amide bonds. The van der Waals surface area contributed by atoms with Crippen molar-refractivity contribution in [3.8, 4) is 22.6 Å². The minimum atomic E-state index is -3.95. The number of sulfonamides is 1. The van der Waals surface area contributed by atoms with Gasteiger partial charge in [0.05, 0.1) is 9.82 Å². The van der Waals surface area contributed by atoms with Crippen molar-refractivity contribution >= 4 is 27.3 Å². The molecule has 0 aromatic heterocycles. The first kappa shape index (κ1) is 26.2. The predicted octanol–water partition coefficient (Wildman–Crippen LogP) is 4.41. The number of nitrogen functional groups attached to an aromatic ring is 1. The van der Waals surface area contributed by atoms with Crippen molar-refractivity contribution < 1.29 is 22.9 Å². The minimum Gasteiger partial charge on any atom is -0.457 e. The number of nitro groups is 1. The summed E-state index contributed by atoms with van der Waals surface area (Å²) in [6, 6.07) is 23.0. The third kappa shape index (κ3) is 5.91. The Bertz CT molecular complexity index is 1670. The van der Waals surface area contributed by atoms with Crippen LogP contribution in [0.15, 0.2) is 95.9 Å². The van der Waals surface area contributed by atoms with Gasteiger partial charge in [-0.2, -0.15) is 0 Å². The van der Waals surface area contributed by atoms with E-state index in [-0.39, 0.29) is 34.4 Å². The summed E-state index contributed by atoms with van der Waals surface area (Å²) in [5.74, 6) is 0.102. The Labute approximate surface area is 218 Å². The van der Waals surface area contributed by atoms with E-state index in [1.165, 1.54) is 24.3 Å². The van der Waals surface area contributed by atoms with Crippen LogP contribution < -0.4 is 15.6 Å². The molecule has 0 bridgehead atoms. The molecule has 0 heterocycles. The number of nitrogens with zero attached hydrogens (tertiary/aromatic N) is 1. The molecule has 11 heteroatoms. The number of nitrogens with one attached hydrogen (secondary N) is 1. The van der Waals surface area contributed by atoms with Gasteiger partial charge in [0.25, 0.3) is 5.69 Å². The van der Waals surface area contributed by atoms with Crippen molar-refractivity contribution in [2.75, 3.05) is 0 Å². The molecule has 0 radical (unpaired) electrons. The lowest BCUT2D eigenvalue weighted by Gasteiger charge is -2.12. The van der Waals surface area contributed by atoms with Crippen LogP contribution in [-0.2, 0) is 16.4 Å². The second-order valence-corrected chi connectivity index (χ2v) is 9.84. The molecule has 0 aliphatic heterocycles. The number of rotatable bonds is 9. The predicted molar refractivity (Wildman–Crippen MR) is 142 cm³/mol. The highest BCUT2D eigenvalue weighted by Gasteiger charge is 2.18. The zero-order chi connectivity index (χ0) is 27.4. The Hall–Kier alpha value is -4.87. The minimum absolute atomic E-state index is 0.0358. The van der Waals surface area contributed by atoms with E-state index in [0.29, 0.717) is 33.6 Å². The van der Waals surface area contributed by atoms with Crippen LogP contribution in [-0.4, -0.2) is 25.0 Å². The number of non-ortho nitro benzene ring substituents is 1. The molecule has 38 heavy (non-hydrogen) atoms. The Morgan fingerprint density at radius 1 is 0.921 bits per heavy atom. The molecule has 0 aliphatic rings. The standard InChI is InChI=1S/C27H22N4O6S/c28-27(29)19-4-3-5-22(15-19)37-25-13-12-21(31(33)34)14-20(25)16-24(32)18-10-8-17(9-11-18)23-6-1-2-7-26(23)38(30,35)36/h1-15H,16H2,(H3,28,29)(H2,30,35,36). The molecule has 0 unspecified atom stereocenters. The lowest BCUT2D eigenvalue weighted by atomic mass is 9.98. The smallest absolute Gasteiger partial charge is 0.269 e. The maximum atomic E-state index is 13.1. The van der Waals surface area contributed by atoms with Crippen molar-refractivity contribution in [1.29, 1.82) is 5.41 Å². The van der Waals surface area contributed by atoms with Gasteiger partial charge in [0, 0.05) is 40.8 Å². The Morgan fingerprint density at radius 3 is 2.29 bits per heavy atom. The number of nitrogens with two attached hydrogens (primary N) is 2. The molecular weight excluding hydrogens is 508 g/mol. The number of nitro benzene ring substituents is 1. The summed E-state index contributed by atoms with van der Waals surface area (Å²) in [5.41, 5.74) is 7.33. The normalized spacial score (nSPS) is 11.1. The molecule has 4 aromatic rings. The number of ether oxygens (including phenoxy) is 1. The Balaban J connectivity index is 1.63. The van der Waals surface area contributed by atoms with Gasteiger partial charge in [0.2, 0.25) is 10.0 Å². The summed E-state index contributed by atoms with van der Waals surface area (Å²) >= 11 is 0. The number of Topliss-reactive ketones (excluding diaryl/α,β-unsaturated/α-hetero) is 1. The molecule has 192 valence electrons. The van der Waals surface area contributed by atoms with Crippen LogP contribution in [0.25, 0.3) is 11.1 Å². The second-order valence-electron chi connectivity index (χ2n) is 8.31. The number of primary sulfonamides is 1. The van der Waals surface area contributed by atoms with Crippen LogP contribution in [0.1, 0.15) is 21.5 Å². The number of carbonyl (C=O) groups excluding carboxylic acids is 1. The monoisotopic (exact) mass is 530 g/mol. The summed E-state index contributed by atoms with van der Waals surface area (Å²) in [7, 11) is -3.95. The maximum Gasteiger partial charge on any atom is 0.269 e. The first-order valence-corrected chi connectivity index (χ1v) is 12.7. The van der Waals surface area contributed by atoms with Gasteiger partial charge in [-0.3, -0.25) is 20.3 Å². The van der Waals surface area contributed by atoms with Crippen molar-refractivity contribution in [2.45, 2.75) is 11.3 Å². The summed E-state index contributed by atoms with van der Waals surface area (Å²) in [4.78, 5) is 23.9. The van der Waals surface area contributed by atoms with Gasteiger partial charge in [-0.15, -0.1) is 0 Å². The van der Waals surface area contributed by atoms with Crippen LogP contribution in [0.2, 0.25) is 0 Å². The molecule has 0 aliphatic carbocycles. The quantitative estimate of drug-likeness (QED) is 0.0942. The molecule has 5 N–H and O–H groups in total. The summed E-state index contributed by atoms with van der Waals surface area (Å²) in [5, 5.41) is 24.3. The molecule has 0 saturated heterocycles. The van der Waals surface area contributed by atoms with Gasteiger partial charge in [0.1, 0.15) is 17.3 Å². The molecular formula is C27H22N4O6S. The zero-order valence-corrected chi connectivity index (χ0v) is 20.6. The molecule has 0 fully saturated rings. The van der Waals surface area contributed by atoms with Crippen LogP contribution in [0.3, 0.4) is 0 Å². The van der Waals surface area contributed by atoms with Crippen LogP contribution in [0.4, 0.5) is 5.69 Å². The molecule has 10 nitrogen and oxygen atoms in total. The van der Waals surface area contributed by atoms with E-state index in [0.717, 1.165) is 0 Å². The fourth-order valence-corrected chi connectivity index (χ4v) is 4.60. The average Bonchev–Trinajstić information content (AvgIpc) is 2.89. The van der Waals surface area contributed by atoms with Gasteiger partial charge in [-0.1, -0.05) is 54.6 Å². The highest BCUT2D eigenvalue weighted by atomic mass is 32.2. The second kappa shape index (κ2) is 10.6. The van der Waals surface area contributed by atoms with E-state index in [9.17, 15) is 23.3 Å². The summed E-state index contributed by atoms with van der Waals surface area (Å²) in [6.45, 7) is 0. The fraction of sp³-hybridized carbons (Fsp3) is 0.0370. The number of hydrogen-bond acceptors (Lipinski definition) is 7. The van der Waals surface area contributed by atoms with E-state index in [4.69, 9.17) is 21.0 Å². The van der Waals surface area contributed by atoms with Crippen LogP contribution in [0, 0.1) is 15.5 Å². The fourth-order valence-electron chi connectivity index (χ4n) is 3.84. The highest BCUT2D eigenvalue weighted by molar-refractivity contribution is 7.89. The van der Waals surface area contributed by atoms with E-state index < -0.39 is 14.9 Å². The Kier molecular flexibility index (Phi) is 7.33. The lowest BCUT2D eigenvalue weighted by Crippen LogP contribution is -2.13. The third-order valence-electron chi connectivity index (χ3n) is 5.69. The van der Waals surface area contributed by atoms with Gasteiger partial charge < -0.3 is 10.5 Å². The first-order chi connectivity index (χ1) is 18.0. The van der Waals surface area contributed by atoms with E-state index in [2.05, 4.69) is 0 Å². The zero-order valence-electron chi connectivity index (χ0n) is 19.8. The third-order valence-corrected chi connectivity index (χ3v) is 6.66. The largest absolute Gasteiger partial charge is 0.457 e. The summed E-state index contributed by atoms with van der Waals surface area (Å²) < 4.78 is 29.8. The number of benzene rings is 4. The topological polar surface area (TPSA) is 179 Å². The van der Waals surface area contributed by atoms with Gasteiger partial charge in [-0.05, 0) is 29.8 Å². The summed E-state index contributed by atoms with van der Waals surface area (Å²) in [6.07, 6.45) is -0.198. The average molecular weight is 531 g/mol. The van der Waals surface area contributed by atoms with Crippen molar-refractivity contribution in [2.24, 2.45) is 10.9 Å². The number of hydrogen-bond donors (Lipinski definition) is 3. The number of amidine groups is 1. The molecule has 0 saturated carbocycles. The van der Waals surface area contributed by atoms with Crippen LogP contribution >= 0.6 is 0 Å². The molecule has 0 atom stereocenters. The SMILES string of the molecule is N=C(N)c1cccc(Oc2ccc([N+](=O)[O-])cc2CC(=O)c2ccc(-c3ccccc3S(N)(=O)=O)cc2)c1. The van der Waals surface area contributed by atoms with Crippen LogP contribution in [0.5, 0.6) is 11.5 Å². The Morgan fingerprint density at radius 2 is 1.63 bits per heavy atom. The van der Waals surface area contributed by atoms with E-state index in [1.807, 2.05) is 0 Å². The first-order valence-electron chi connectivity index (χ1n) is 11.2. The molecule has 4 rings (SSSR count). The van der Waals surface area contributed by atoms with E-state index in [1.54, 1.807) is 66.7 Å². The van der Waals surface area contributed by atoms with E-state index >= 15 is 0 Å². The van der Waals surface area contributed by atoms with Gasteiger partial charge in [0.15, 0.2) is 5.78 Å². The van der Waals surface area contributed by atoms with Gasteiger partial charge >= 0.3 is 0 Å². The number of carbonyl (C=O) groups is 1.